The van der Waals surface area contributed by atoms with E-state index in [4.69, 9.17) is 9.83 Å². The fraction of sp³-hybridized carbons (Fsp3) is 0.375. The first kappa shape index (κ1) is 18.8. The molecule has 3 heterocycles. The van der Waals surface area contributed by atoms with Crippen molar-refractivity contribution in [1.82, 2.24) is 10.4 Å². The molecule has 1 aromatic carbocycles. The summed E-state index contributed by atoms with van der Waals surface area (Å²) in [4.78, 5) is 11.2. The third-order valence-electron chi connectivity index (χ3n) is 5.31. The molecule has 0 saturated carbocycles. The van der Waals surface area contributed by atoms with Crippen molar-refractivity contribution in [2.24, 2.45) is 4.99 Å². The number of allylic oxidation sites excluding steroid dienone is 3. The van der Waals surface area contributed by atoms with Gasteiger partial charge in [-0.05, 0) is 39.2 Å². The number of hydrogen-bond acceptors (Lipinski definition) is 4. The Morgan fingerprint density at radius 2 is 1.96 bits per heavy atom. The average molecular weight is 376 g/mol. The molecule has 1 fully saturated rings. The minimum atomic E-state index is 0.0570. The molecule has 0 spiro atoms. The van der Waals surface area contributed by atoms with Gasteiger partial charge in [-0.25, -0.2) is 0 Å². The first-order chi connectivity index (χ1) is 13.5. The maximum atomic E-state index is 6.09. The highest BCUT2D eigenvalue weighted by Crippen LogP contribution is 2.37. The second-order valence-electron chi connectivity index (χ2n) is 8.31. The molecule has 3 aliphatic rings. The Labute approximate surface area is 167 Å². The number of benzene rings is 1. The van der Waals surface area contributed by atoms with Crippen molar-refractivity contribution in [3.8, 4) is 0 Å². The number of nitrogens with zero attached hydrogens (tertiary/aromatic N) is 2. The van der Waals surface area contributed by atoms with Crippen molar-refractivity contribution < 1.29 is 4.84 Å². The molecule has 1 saturated heterocycles. The van der Waals surface area contributed by atoms with Crippen LogP contribution in [0.15, 0.2) is 82.9 Å². The third-order valence-corrected chi connectivity index (χ3v) is 5.31. The number of rotatable bonds is 5. The Hall–Kier alpha value is -2.59. The van der Waals surface area contributed by atoms with Gasteiger partial charge < -0.3 is 10.2 Å². The maximum Gasteiger partial charge on any atom is 0.149 e. The van der Waals surface area contributed by atoms with Gasteiger partial charge in [-0.1, -0.05) is 43.0 Å². The fourth-order valence-corrected chi connectivity index (χ4v) is 4.12. The van der Waals surface area contributed by atoms with Crippen molar-refractivity contribution in [3.05, 3.63) is 83.4 Å². The predicted molar refractivity (Wildman–Crippen MR) is 115 cm³/mol. The maximum absolute atomic E-state index is 6.09. The van der Waals surface area contributed by atoms with Gasteiger partial charge in [0, 0.05) is 48.0 Å². The zero-order valence-electron chi connectivity index (χ0n) is 16.9. The molecular formula is C24H29N3O. The van der Waals surface area contributed by atoms with Crippen LogP contribution in [0.1, 0.15) is 45.1 Å². The van der Waals surface area contributed by atoms with Gasteiger partial charge in [-0.3, -0.25) is 4.99 Å². The first-order valence-corrected chi connectivity index (χ1v) is 10.1. The van der Waals surface area contributed by atoms with Crippen LogP contribution < -0.4 is 5.32 Å². The van der Waals surface area contributed by atoms with E-state index in [1.165, 1.54) is 24.1 Å². The van der Waals surface area contributed by atoms with E-state index in [0.717, 1.165) is 48.7 Å². The zero-order chi connectivity index (χ0) is 19.6. The quantitative estimate of drug-likeness (QED) is 0.588. The first-order valence-electron chi connectivity index (χ1n) is 10.1. The Kier molecular flexibility index (Phi) is 5.23. The Morgan fingerprint density at radius 3 is 2.68 bits per heavy atom. The van der Waals surface area contributed by atoms with Crippen molar-refractivity contribution >= 4 is 5.71 Å². The summed E-state index contributed by atoms with van der Waals surface area (Å²) in [5.74, 6) is 0.796. The van der Waals surface area contributed by atoms with E-state index in [9.17, 15) is 0 Å². The van der Waals surface area contributed by atoms with Crippen molar-refractivity contribution in [1.29, 1.82) is 0 Å². The van der Waals surface area contributed by atoms with Gasteiger partial charge in [0.15, 0.2) is 0 Å². The van der Waals surface area contributed by atoms with E-state index in [0.29, 0.717) is 0 Å². The SMILES string of the molecule is C=C/C=C(\C=C1/CC2=C(CC(C)(C)N2)C(c2ccccc2)=N1)ON1CCCC1. The molecule has 0 aliphatic carbocycles. The lowest BCUT2D eigenvalue weighted by Crippen LogP contribution is -2.33. The summed E-state index contributed by atoms with van der Waals surface area (Å²) in [5, 5.41) is 5.73. The van der Waals surface area contributed by atoms with Gasteiger partial charge >= 0.3 is 0 Å². The zero-order valence-corrected chi connectivity index (χ0v) is 16.9. The smallest absolute Gasteiger partial charge is 0.149 e. The van der Waals surface area contributed by atoms with Crippen molar-refractivity contribution in [2.75, 3.05) is 13.1 Å². The van der Waals surface area contributed by atoms with Crippen molar-refractivity contribution in [2.45, 2.75) is 45.1 Å². The summed E-state index contributed by atoms with van der Waals surface area (Å²) in [6.45, 7) is 10.3. The molecule has 0 radical (unpaired) electrons. The molecular weight excluding hydrogens is 346 g/mol. The molecule has 28 heavy (non-hydrogen) atoms. The minimum Gasteiger partial charge on any atom is -0.406 e. The molecule has 4 heteroatoms. The van der Waals surface area contributed by atoms with Crippen LogP contribution in [0.2, 0.25) is 0 Å². The predicted octanol–water partition coefficient (Wildman–Crippen LogP) is 4.89. The Balaban J connectivity index is 1.67. The second-order valence-corrected chi connectivity index (χ2v) is 8.31. The van der Waals surface area contributed by atoms with Crippen LogP contribution in [0.3, 0.4) is 0 Å². The molecule has 0 unspecified atom stereocenters. The minimum absolute atomic E-state index is 0.0570. The highest BCUT2D eigenvalue weighted by molar-refractivity contribution is 6.14. The molecule has 0 amide bonds. The van der Waals surface area contributed by atoms with E-state index in [1.54, 1.807) is 6.08 Å². The number of aliphatic imine (C=N–C) groups is 1. The summed E-state index contributed by atoms with van der Waals surface area (Å²) in [5.41, 5.74) is 5.92. The molecule has 4 nitrogen and oxygen atoms in total. The van der Waals surface area contributed by atoms with Crippen LogP contribution in [0.4, 0.5) is 0 Å². The van der Waals surface area contributed by atoms with E-state index < -0.39 is 0 Å². The van der Waals surface area contributed by atoms with Crippen LogP contribution >= 0.6 is 0 Å². The van der Waals surface area contributed by atoms with Gasteiger partial charge in [0.1, 0.15) is 5.76 Å². The van der Waals surface area contributed by atoms with Crippen LogP contribution in [-0.4, -0.2) is 29.4 Å². The number of hydroxylamine groups is 2. The topological polar surface area (TPSA) is 36.9 Å². The summed E-state index contributed by atoms with van der Waals surface area (Å²) in [6.07, 6.45) is 9.90. The summed E-state index contributed by atoms with van der Waals surface area (Å²) < 4.78 is 0. The molecule has 146 valence electrons. The van der Waals surface area contributed by atoms with Gasteiger partial charge in [0.25, 0.3) is 0 Å². The molecule has 3 aliphatic heterocycles. The van der Waals surface area contributed by atoms with Crippen LogP contribution in [0.5, 0.6) is 0 Å². The van der Waals surface area contributed by atoms with E-state index in [1.807, 2.05) is 17.2 Å². The Morgan fingerprint density at radius 1 is 1.21 bits per heavy atom. The molecule has 0 bridgehead atoms. The van der Waals surface area contributed by atoms with Gasteiger partial charge in [0.2, 0.25) is 0 Å². The lowest BCUT2D eigenvalue weighted by atomic mass is 9.91. The normalized spacial score (nSPS) is 23.4. The number of hydrogen-bond donors (Lipinski definition) is 1. The van der Waals surface area contributed by atoms with Crippen LogP contribution in [-0.2, 0) is 4.84 Å². The van der Waals surface area contributed by atoms with Gasteiger partial charge in [-0.2, -0.15) is 0 Å². The number of dihydropyridines is 1. The fourth-order valence-electron chi connectivity index (χ4n) is 4.12. The third kappa shape index (κ3) is 4.12. The highest BCUT2D eigenvalue weighted by Gasteiger charge is 2.35. The van der Waals surface area contributed by atoms with Crippen molar-refractivity contribution in [3.63, 3.8) is 0 Å². The average Bonchev–Trinajstić information content (AvgIpc) is 3.28. The van der Waals surface area contributed by atoms with Crippen LogP contribution in [0.25, 0.3) is 0 Å². The monoisotopic (exact) mass is 375 g/mol. The second kappa shape index (κ2) is 7.80. The number of nitrogens with one attached hydrogen (secondary N) is 1. The molecule has 0 atom stereocenters. The Bertz CT molecular complexity index is 868. The standard InChI is InChI=1S/C24H29N3O/c1-4-10-20(28-27-13-8-9-14-27)15-19-16-22-21(17-24(2,3)26-22)23(25-19)18-11-6-5-7-12-18/h4-7,10-12,15,26H,1,8-9,13-14,16-17H2,2-3H3/b19-15+,20-10+. The molecule has 0 aromatic heterocycles. The molecule has 4 rings (SSSR count). The largest absolute Gasteiger partial charge is 0.406 e. The molecule has 1 N–H and O–H groups in total. The molecule has 1 aromatic rings. The van der Waals surface area contributed by atoms with E-state index in [-0.39, 0.29) is 5.54 Å². The summed E-state index contributed by atoms with van der Waals surface area (Å²) >= 11 is 0. The van der Waals surface area contributed by atoms with E-state index >= 15 is 0 Å². The van der Waals surface area contributed by atoms with Gasteiger partial charge in [0.05, 0.1) is 11.4 Å². The van der Waals surface area contributed by atoms with Gasteiger partial charge in [-0.15, -0.1) is 5.06 Å². The van der Waals surface area contributed by atoms with E-state index in [2.05, 4.69) is 56.1 Å². The summed E-state index contributed by atoms with van der Waals surface area (Å²) in [6, 6.07) is 10.5. The summed E-state index contributed by atoms with van der Waals surface area (Å²) in [7, 11) is 0. The lowest BCUT2D eigenvalue weighted by molar-refractivity contribution is -0.0947. The van der Waals surface area contributed by atoms with Crippen LogP contribution in [0, 0.1) is 0 Å². The lowest BCUT2D eigenvalue weighted by Gasteiger charge is -2.21. The highest BCUT2D eigenvalue weighted by atomic mass is 16.7.